The number of ether oxygens (including phenoxy) is 2. The summed E-state index contributed by atoms with van der Waals surface area (Å²) in [4.78, 5) is 112. The molecule has 7 amide bonds. The Balaban J connectivity index is 0.000000198. The zero-order chi connectivity index (χ0) is 53.0. The molecule has 2 aromatic rings. The summed E-state index contributed by atoms with van der Waals surface area (Å²) in [7, 11) is 0. The first-order valence-electron chi connectivity index (χ1n) is 25.4. The highest BCUT2D eigenvalue weighted by atomic mass is 16.7. The van der Waals surface area contributed by atoms with E-state index in [1.807, 2.05) is 81.4 Å². The minimum atomic E-state index is -0.943. The molecule has 2 aromatic carbocycles. The Morgan fingerprint density at radius 1 is 0.603 bits per heavy atom. The van der Waals surface area contributed by atoms with Gasteiger partial charge in [-0.3, -0.25) is 24.1 Å². The largest absolute Gasteiger partial charge is 0.480 e. The number of rotatable bonds is 15. The molecule has 21 heteroatoms. The quantitative estimate of drug-likeness (QED) is 0.149. The second-order valence-electron chi connectivity index (χ2n) is 21.3. The minimum absolute atomic E-state index is 0.0172. The number of hydrogen-bond acceptors (Lipinski definition) is 13. The molecule has 0 unspecified atom stereocenters. The number of carbonyl (C=O) groups is 8. The Hall–Kier alpha value is -6.32. The van der Waals surface area contributed by atoms with E-state index in [4.69, 9.17) is 30.0 Å². The number of fused-ring (bicyclic) bond motifs is 4. The fourth-order valence-corrected chi connectivity index (χ4v) is 10.1. The number of ketones is 2. The number of benzene rings is 2. The van der Waals surface area contributed by atoms with Crippen LogP contribution in [0, 0.1) is 11.8 Å². The summed E-state index contributed by atoms with van der Waals surface area (Å²) >= 11 is 0. The third-order valence-electron chi connectivity index (χ3n) is 13.6. The van der Waals surface area contributed by atoms with Crippen molar-refractivity contribution >= 4 is 47.7 Å². The van der Waals surface area contributed by atoms with Crippen molar-refractivity contribution in [2.24, 2.45) is 17.6 Å². The van der Waals surface area contributed by atoms with Gasteiger partial charge in [0, 0.05) is 37.0 Å². The SMILES string of the molecule is CC(C)(C)OC(=O)N[C@@H]1CCC[C@H]1C(=O)CN.CC(C)(C)OC(=O)N[C@@H]1CCC[C@H]1C(=O)CNC(=O)[C@@H]1CC[C@@H]2CN1C(=O)N2OCc1ccccc1.O=C(O)[C@@H]1CC[C@@H]2CN1C(=O)N2OCc1ccccc1. The zero-order valence-electron chi connectivity index (χ0n) is 42.9. The highest BCUT2D eigenvalue weighted by Gasteiger charge is 2.49. The highest BCUT2D eigenvalue weighted by molar-refractivity contribution is 5.93. The first kappa shape index (κ1) is 56.0. The van der Waals surface area contributed by atoms with Crippen molar-refractivity contribution in [3.05, 3.63) is 71.8 Å². The second-order valence-corrected chi connectivity index (χ2v) is 21.3. The molecular formula is C52H74N8O13. The zero-order valence-corrected chi connectivity index (χ0v) is 42.9. The number of nitrogens with one attached hydrogen (secondary N) is 3. The summed E-state index contributed by atoms with van der Waals surface area (Å²) in [5.74, 6) is -1.91. The van der Waals surface area contributed by atoms with E-state index in [0.717, 1.165) is 36.8 Å². The van der Waals surface area contributed by atoms with Crippen LogP contribution in [0.5, 0.6) is 0 Å². The van der Waals surface area contributed by atoms with Gasteiger partial charge in [-0.1, -0.05) is 73.5 Å². The number of nitrogens with two attached hydrogens (primary N) is 1. The van der Waals surface area contributed by atoms with E-state index >= 15 is 0 Å². The fraction of sp³-hybridized carbons (Fsp3) is 0.615. The highest BCUT2D eigenvalue weighted by Crippen LogP contribution is 2.33. The van der Waals surface area contributed by atoms with Gasteiger partial charge in [0.2, 0.25) is 5.91 Å². The number of amides is 7. The molecule has 2 aliphatic carbocycles. The maximum atomic E-state index is 12.9. The average Bonchev–Trinajstić information content (AvgIpc) is 4.11. The minimum Gasteiger partial charge on any atom is -0.480 e. The molecule has 0 spiro atoms. The van der Waals surface area contributed by atoms with Crippen LogP contribution in [0.15, 0.2) is 60.7 Å². The van der Waals surface area contributed by atoms with Crippen LogP contribution in [0.25, 0.3) is 0 Å². The predicted octanol–water partition coefficient (Wildman–Crippen LogP) is 5.44. The van der Waals surface area contributed by atoms with Gasteiger partial charge >= 0.3 is 30.2 Å². The molecule has 4 bridgehead atoms. The molecule has 21 nitrogen and oxygen atoms in total. The molecule has 73 heavy (non-hydrogen) atoms. The molecule has 6 aliphatic rings. The third-order valence-corrected chi connectivity index (χ3v) is 13.6. The normalized spacial score (nSPS) is 25.2. The van der Waals surface area contributed by atoms with E-state index in [1.165, 1.54) is 19.9 Å². The van der Waals surface area contributed by atoms with E-state index in [0.29, 0.717) is 58.2 Å². The smallest absolute Gasteiger partial charge is 0.407 e. The van der Waals surface area contributed by atoms with Crippen LogP contribution in [0.4, 0.5) is 19.2 Å². The number of aliphatic carboxylic acids is 1. The maximum absolute atomic E-state index is 12.9. The molecule has 8 rings (SSSR count). The number of Topliss-reactive ketones (excluding diaryl/α,β-unsaturated/α-hetero) is 2. The molecule has 4 aliphatic heterocycles. The van der Waals surface area contributed by atoms with Crippen molar-refractivity contribution in [2.45, 2.75) is 166 Å². The summed E-state index contributed by atoms with van der Waals surface area (Å²) in [6.45, 7) is 12.1. The van der Waals surface area contributed by atoms with Crippen LogP contribution in [0.1, 0.15) is 117 Å². The number of carboxylic acid groups (broad SMARTS) is 1. The summed E-state index contributed by atoms with van der Waals surface area (Å²) in [5, 5.41) is 20.1. The van der Waals surface area contributed by atoms with Gasteiger partial charge in [0.25, 0.3) is 0 Å². The summed E-state index contributed by atoms with van der Waals surface area (Å²) in [6.07, 6.45) is 6.01. The second kappa shape index (κ2) is 25.1. The molecule has 400 valence electrons. The van der Waals surface area contributed by atoms with Crippen molar-refractivity contribution in [1.29, 1.82) is 0 Å². The Bertz CT molecular complexity index is 2260. The van der Waals surface area contributed by atoms with E-state index in [2.05, 4.69) is 16.0 Å². The van der Waals surface area contributed by atoms with E-state index in [-0.39, 0.29) is 85.2 Å². The molecule has 8 atom stereocenters. The van der Waals surface area contributed by atoms with Gasteiger partial charge in [-0.2, -0.15) is 10.1 Å². The van der Waals surface area contributed by atoms with E-state index in [9.17, 15) is 38.4 Å². The van der Waals surface area contributed by atoms with Crippen molar-refractivity contribution in [3.8, 4) is 0 Å². The van der Waals surface area contributed by atoms with Crippen molar-refractivity contribution in [3.63, 3.8) is 0 Å². The third kappa shape index (κ3) is 15.6. The summed E-state index contributed by atoms with van der Waals surface area (Å²) < 4.78 is 10.5. The van der Waals surface area contributed by atoms with Gasteiger partial charge in [-0.05, 0) is 104 Å². The van der Waals surface area contributed by atoms with Crippen LogP contribution in [0.2, 0.25) is 0 Å². The molecule has 0 radical (unpaired) electrons. The van der Waals surface area contributed by atoms with E-state index in [1.54, 1.807) is 20.8 Å². The number of alkyl carbamates (subject to hydrolysis) is 2. The lowest BCUT2D eigenvalue weighted by Gasteiger charge is -2.29. The van der Waals surface area contributed by atoms with Crippen molar-refractivity contribution < 1.29 is 62.6 Å². The first-order chi connectivity index (χ1) is 34.6. The molecule has 4 saturated heterocycles. The lowest BCUT2D eigenvalue weighted by atomic mass is 9.97. The van der Waals surface area contributed by atoms with Gasteiger partial charge in [-0.15, -0.1) is 0 Å². The summed E-state index contributed by atoms with van der Waals surface area (Å²) in [6, 6.07) is 16.6. The number of hydrogen-bond donors (Lipinski definition) is 5. The maximum Gasteiger partial charge on any atom is 0.407 e. The van der Waals surface area contributed by atoms with Crippen LogP contribution in [-0.4, -0.2) is 146 Å². The monoisotopic (exact) mass is 1020 g/mol. The first-order valence-corrected chi connectivity index (χ1v) is 25.4. The molecule has 6 fully saturated rings. The molecule has 0 aromatic heterocycles. The number of urea groups is 2. The number of carboxylic acids is 1. The van der Waals surface area contributed by atoms with Crippen molar-refractivity contribution in [2.75, 3.05) is 26.2 Å². The molecule has 2 saturated carbocycles. The Morgan fingerprint density at radius 3 is 1.45 bits per heavy atom. The number of carbonyl (C=O) groups excluding carboxylic acids is 7. The lowest BCUT2D eigenvalue weighted by molar-refractivity contribution is -0.143. The average molecular weight is 1020 g/mol. The van der Waals surface area contributed by atoms with Crippen molar-refractivity contribution in [1.82, 2.24) is 35.9 Å². The topological polar surface area (TPSA) is 269 Å². The standard InChI is InChI=1S/C26H36N4O6.C14H16N2O4.C12H22N2O3/c1-26(2,3)36-24(33)28-20-11-7-10-19(20)22(31)14-27-23(32)21-13-12-18-15-29(21)25(34)30(18)35-16-17-8-5-4-6-9-17;17-13(18)12-7-6-11-8-15(12)14(19)16(11)20-9-10-4-2-1-3-5-10;1-12(2,3)17-11(16)14-9-6-4-5-8(9)10(15)7-13/h4-6,8-9,18-21H,7,10-16H2,1-3H3,(H,27,32)(H,28,33);1-5,11-12H,6-9H2,(H,17,18);8-9H,4-7,13H2,1-3H3,(H,14,16)/t18-,19-,20-,21+;11-,12+;8-,9-/m111/s1. The molecular weight excluding hydrogens is 945 g/mol. The van der Waals surface area contributed by atoms with Crippen LogP contribution in [0.3, 0.4) is 0 Å². The molecule has 6 N–H and O–H groups in total. The van der Waals surface area contributed by atoms with Gasteiger partial charge in [0.05, 0.1) is 25.2 Å². The predicted molar refractivity (Wildman–Crippen MR) is 265 cm³/mol. The van der Waals surface area contributed by atoms with Crippen LogP contribution < -0.4 is 21.7 Å². The Labute approximate surface area is 427 Å². The molecule has 4 heterocycles. The van der Waals surface area contributed by atoms with Gasteiger partial charge < -0.3 is 46.1 Å². The van der Waals surface area contributed by atoms with Gasteiger partial charge in [0.15, 0.2) is 11.6 Å². The lowest BCUT2D eigenvalue weighted by Crippen LogP contribution is -2.51. The van der Waals surface area contributed by atoms with E-state index < -0.39 is 41.4 Å². The van der Waals surface area contributed by atoms with Crippen LogP contribution >= 0.6 is 0 Å². The fourth-order valence-electron chi connectivity index (χ4n) is 10.1. The number of nitrogens with zero attached hydrogens (tertiary/aromatic N) is 4. The number of hydroxylamine groups is 4. The summed E-state index contributed by atoms with van der Waals surface area (Å²) in [5.41, 5.74) is 6.15. The van der Waals surface area contributed by atoms with Gasteiger partial charge in [0.1, 0.15) is 36.5 Å². The Morgan fingerprint density at radius 2 is 1.03 bits per heavy atom. The number of piperidine rings is 2. The van der Waals surface area contributed by atoms with Crippen LogP contribution in [-0.2, 0) is 51.5 Å². The Kier molecular flexibility index (Phi) is 19.2. The van der Waals surface area contributed by atoms with Gasteiger partial charge in [-0.25, -0.2) is 24.0 Å².